The number of nitrogens with one attached hydrogen (secondary N) is 2. The zero-order chi connectivity index (χ0) is 17.5. The van der Waals surface area contributed by atoms with Crippen molar-refractivity contribution in [2.45, 2.75) is 57.5 Å². The summed E-state index contributed by atoms with van der Waals surface area (Å²) >= 11 is 0. The van der Waals surface area contributed by atoms with Crippen molar-refractivity contribution in [1.29, 1.82) is 0 Å². The van der Waals surface area contributed by atoms with E-state index >= 15 is 0 Å². The summed E-state index contributed by atoms with van der Waals surface area (Å²) in [7, 11) is 0. The number of hydrogen-bond donors (Lipinski definition) is 2. The minimum absolute atomic E-state index is 0.00792. The first-order valence-corrected chi connectivity index (χ1v) is 9.52. The maximum atomic E-state index is 12.5. The van der Waals surface area contributed by atoms with Crippen LogP contribution in [-0.4, -0.2) is 42.4 Å². The quantitative estimate of drug-likeness (QED) is 0.826. The summed E-state index contributed by atoms with van der Waals surface area (Å²) in [6, 6.07) is 4.00. The third-order valence-corrected chi connectivity index (χ3v) is 5.23. The second-order valence-corrected chi connectivity index (χ2v) is 7.27. The lowest BCUT2D eigenvalue weighted by molar-refractivity contribution is -0.129. The Balaban J connectivity index is 1.40. The fraction of sp³-hybridized carbons (Fsp3) is 0.684. The summed E-state index contributed by atoms with van der Waals surface area (Å²) in [4.78, 5) is 26.7. The molecule has 0 bridgehead atoms. The number of carbonyl (C=O) groups excluding carboxylic acids is 2. The van der Waals surface area contributed by atoms with Crippen molar-refractivity contribution in [3.63, 3.8) is 0 Å². The van der Waals surface area contributed by atoms with E-state index in [0.29, 0.717) is 25.7 Å². The Labute approximate surface area is 149 Å². The lowest BCUT2D eigenvalue weighted by Crippen LogP contribution is -2.48. The molecule has 2 fully saturated rings. The van der Waals surface area contributed by atoms with Gasteiger partial charge in [-0.15, -0.1) is 0 Å². The molecule has 3 rings (SSSR count). The van der Waals surface area contributed by atoms with Crippen LogP contribution in [0.4, 0.5) is 0 Å². The molecule has 0 aromatic carbocycles. The standard InChI is InChI=1S/C19H29N3O3/c23-18(20-12-17-9-5-11-25-17)14-22-10-4-6-15(13-22)19(24)21-16-7-2-1-3-8-16/h5,9,11,15-16H,1-4,6-8,10,12-14H2,(H,20,23)(H,21,24)/t15-/m1/s1. The van der Waals surface area contributed by atoms with Gasteiger partial charge in [0, 0.05) is 12.6 Å². The number of likely N-dealkylation sites (tertiary alicyclic amines) is 1. The maximum Gasteiger partial charge on any atom is 0.234 e. The first kappa shape index (κ1) is 18.0. The van der Waals surface area contributed by atoms with Gasteiger partial charge >= 0.3 is 0 Å². The number of rotatable bonds is 6. The zero-order valence-electron chi connectivity index (χ0n) is 14.8. The molecule has 2 N–H and O–H groups in total. The van der Waals surface area contributed by atoms with Gasteiger partial charge in [-0.2, -0.15) is 0 Å². The summed E-state index contributed by atoms with van der Waals surface area (Å²) in [6.45, 7) is 2.30. The van der Waals surface area contributed by atoms with E-state index in [2.05, 4.69) is 15.5 Å². The first-order valence-electron chi connectivity index (χ1n) is 9.52. The average molecular weight is 347 g/mol. The number of piperidine rings is 1. The Bertz CT molecular complexity index is 552. The molecule has 0 spiro atoms. The molecule has 1 aliphatic carbocycles. The van der Waals surface area contributed by atoms with E-state index in [0.717, 1.165) is 38.0 Å². The lowest BCUT2D eigenvalue weighted by Gasteiger charge is -2.33. The summed E-state index contributed by atoms with van der Waals surface area (Å²) in [6.07, 6.45) is 9.43. The van der Waals surface area contributed by atoms with Crippen LogP contribution < -0.4 is 10.6 Å². The van der Waals surface area contributed by atoms with Gasteiger partial charge in [-0.05, 0) is 44.4 Å². The molecule has 2 aliphatic rings. The summed E-state index contributed by atoms with van der Waals surface area (Å²) < 4.78 is 5.21. The summed E-state index contributed by atoms with van der Waals surface area (Å²) in [5.41, 5.74) is 0. The summed E-state index contributed by atoms with van der Waals surface area (Å²) in [5.74, 6) is 0.905. The molecular formula is C19H29N3O3. The SMILES string of the molecule is O=C(CN1CCC[C@@H](C(=O)NC2CCCCC2)C1)NCc1ccco1. The minimum Gasteiger partial charge on any atom is -0.467 e. The van der Waals surface area contributed by atoms with Gasteiger partial charge in [-0.1, -0.05) is 19.3 Å². The smallest absolute Gasteiger partial charge is 0.234 e. The van der Waals surface area contributed by atoms with Crippen molar-refractivity contribution < 1.29 is 14.0 Å². The Morgan fingerprint density at radius 3 is 2.76 bits per heavy atom. The number of furan rings is 1. The molecule has 1 atom stereocenters. The second kappa shape index (κ2) is 9.04. The molecule has 1 aliphatic heterocycles. The molecule has 138 valence electrons. The molecule has 6 nitrogen and oxygen atoms in total. The van der Waals surface area contributed by atoms with Crippen LogP contribution >= 0.6 is 0 Å². The summed E-state index contributed by atoms with van der Waals surface area (Å²) in [5, 5.41) is 6.09. The minimum atomic E-state index is -0.0234. The van der Waals surface area contributed by atoms with Crippen molar-refractivity contribution in [2.24, 2.45) is 5.92 Å². The Morgan fingerprint density at radius 1 is 1.16 bits per heavy atom. The van der Waals surface area contributed by atoms with Crippen LogP contribution in [0, 0.1) is 5.92 Å². The molecule has 0 radical (unpaired) electrons. The number of nitrogens with zero attached hydrogens (tertiary/aromatic N) is 1. The van der Waals surface area contributed by atoms with Crippen molar-refractivity contribution in [2.75, 3.05) is 19.6 Å². The molecule has 25 heavy (non-hydrogen) atoms. The molecule has 1 aromatic rings. The number of amides is 2. The van der Waals surface area contributed by atoms with Crippen molar-refractivity contribution in [3.8, 4) is 0 Å². The molecule has 1 saturated heterocycles. The normalized spacial score (nSPS) is 22.5. The topological polar surface area (TPSA) is 74.6 Å². The van der Waals surface area contributed by atoms with Crippen LogP contribution in [0.3, 0.4) is 0 Å². The van der Waals surface area contributed by atoms with Gasteiger partial charge in [0.05, 0.1) is 25.3 Å². The van der Waals surface area contributed by atoms with Gasteiger partial charge < -0.3 is 15.1 Å². The van der Waals surface area contributed by atoms with Gasteiger partial charge in [0.25, 0.3) is 0 Å². The average Bonchev–Trinajstić information content (AvgIpc) is 3.15. The molecule has 1 saturated carbocycles. The van der Waals surface area contributed by atoms with E-state index in [9.17, 15) is 9.59 Å². The predicted molar refractivity (Wildman–Crippen MR) is 94.7 cm³/mol. The van der Waals surface area contributed by atoms with Crippen LogP contribution in [-0.2, 0) is 16.1 Å². The number of carbonyl (C=O) groups is 2. The highest BCUT2D eigenvalue weighted by Crippen LogP contribution is 2.20. The molecule has 0 unspecified atom stereocenters. The maximum absolute atomic E-state index is 12.5. The zero-order valence-corrected chi connectivity index (χ0v) is 14.8. The number of hydrogen-bond acceptors (Lipinski definition) is 4. The van der Waals surface area contributed by atoms with Crippen LogP contribution in [0.15, 0.2) is 22.8 Å². The van der Waals surface area contributed by atoms with Gasteiger partial charge in [0.1, 0.15) is 5.76 Å². The molecule has 1 aromatic heterocycles. The van der Waals surface area contributed by atoms with Crippen LogP contribution in [0.25, 0.3) is 0 Å². The van der Waals surface area contributed by atoms with Crippen LogP contribution in [0.1, 0.15) is 50.7 Å². The Morgan fingerprint density at radius 2 is 2.00 bits per heavy atom. The Kier molecular flexibility index (Phi) is 6.50. The van der Waals surface area contributed by atoms with Gasteiger partial charge in [-0.3, -0.25) is 14.5 Å². The van der Waals surface area contributed by atoms with Crippen molar-refractivity contribution in [3.05, 3.63) is 24.2 Å². The van der Waals surface area contributed by atoms with Gasteiger partial charge in [0.2, 0.25) is 11.8 Å². The third kappa shape index (κ3) is 5.59. The fourth-order valence-electron chi connectivity index (χ4n) is 3.84. The van der Waals surface area contributed by atoms with Crippen molar-refractivity contribution >= 4 is 11.8 Å². The Hall–Kier alpha value is -1.82. The van der Waals surface area contributed by atoms with Crippen LogP contribution in [0.2, 0.25) is 0 Å². The van der Waals surface area contributed by atoms with E-state index < -0.39 is 0 Å². The fourth-order valence-corrected chi connectivity index (χ4v) is 3.84. The van der Waals surface area contributed by atoms with Gasteiger partial charge in [-0.25, -0.2) is 0 Å². The third-order valence-electron chi connectivity index (χ3n) is 5.23. The molecule has 2 heterocycles. The highest BCUT2D eigenvalue weighted by Gasteiger charge is 2.28. The lowest BCUT2D eigenvalue weighted by atomic mass is 9.93. The van der Waals surface area contributed by atoms with E-state index in [1.165, 1.54) is 19.3 Å². The second-order valence-electron chi connectivity index (χ2n) is 7.27. The molecular weight excluding hydrogens is 318 g/mol. The molecule has 2 amide bonds. The van der Waals surface area contributed by atoms with E-state index in [1.807, 2.05) is 12.1 Å². The monoisotopic (exact) mass is 347 g/mol. The first-order chi connectivity index (χ1) is 12.2. The largest absolute Gasteiger partial charge is 0.467 e. The highest BCUT2D eigenvalue weighted by atomic mass is 16.3. The highest BCUT2D eigenvalue weighted by molar-refractivity contribution is 5.80. The van der Waals surface area contributed by atoms with Crippen molar-refractivity contribution in [1.82, 2.24) is 15.5 Å². The predicted octanol–water partition coefficient (Wildman–Crippen LogP) is 2.06. The molecule has 6 heteroatoms. The van der Waals surface area contributed by atoms with E-state index in [1.54, 1.807) is 6.26 Å². The van der Waals surface area contributed by atoms with E-state index in [4.69, 9.17) is 4.42 Å². The van der Waals surface area contributed by atoms with Crippen LogP contribution in [0.5, 0.6) is 0 Å². The van der Waals surface area contributed by atoms with Gasteiger partial charge in [0.15, 0.2) is 0 Å². The van der Waals surface area contributed by atoms with E-state index in [-0.39, 0.29) is 17.7 Å².